The van der Waals surface area contributed by atoms with Crippen molar-refractivity contribution in [2.75, 3.05) is 38.7 Å². The van der Waals surface area contributed by atoms with Crippen molar-refractivity contribution in [3.63, 3.8) is 0 Å². The Balaban J connectivity index is 0.000000157. The van der Waals surface area contributed by atoms with Gasteiger partial charge < -0.3 is 0 Å². The highest BCUT2D eigenvalue weighted by Gasteiger charge is 2.33. The number of hydrogen-bond donors (Lipinski definition) is 0. The first-order chi connectivity index (χ1) is 34.9. The van der Waals surface area contributed by atoms with Gasteiger partial charge in [0.1, 0.15) is 0 Å². The summed E-state index contributed by atoms with van der Waals surface area (Å²) in [6, 6.07) is 19.4. The number of fused-ring (bicyclic) bond motifs is 6. The Kier molecular flexibility index (Phi) is 11.8. The van der Waals surface area contributed by atoms with Gasteiger partial charge in [0, 0.05) is 112 Å². The number of hydrogen-bond acceptors (Lipinski definition) is 12. The molecule has 10 aromatic rings. The Morgan fingerprint density at radius 1 is 0.493 bits per heavy atom. The average molecular weight is 1020 g/mol. The summed E-state index contributed by atoms with van der Waals surface area (Å²) in [6.45, 7) is 1.43. The minimum atomic E-state index is -3.35. The molecule has 0 aliphatic carbocycles. The van der Waals surface area contributed by atoms with Gasteiger partial charge in [-0.05, 0) is 66.8 Å². The molecule has 12 rings (SSSR count). The van der Waals surface area contributed by atoms with Gasteiger partial charge in [-0.15, -0.1) is 0 Å². The number of nitrogens with zero attached hydrogens (tertiary/aromatic N) is 14. The Morgan fingerprint density at radius 2 is 0.932 bits per heavy atom. The zero-order valence-electron chi connectivity index (χ0n) is 41.0. The number of pyridine rings is 4. The molecule has 2 atom stereocenters. The second-order valence-corrected chi connectivity index (χ2v) is 23.0. The maximum absolute atomic E-state index is 13.4. The molecule has 374 valence electrons. The van der Waals surface area contributed by atoms with Crippen LogP contribution >= 0.6 is 0 Å². The minimum absolute atomic E-state index is 0.169. The second-order valence-electron chi connectivity index (χ2n) is 19.0. The Hall–Kier alpha value is -7.66. The van der Waals surface area contributed by atoms with Crippen LogP contribution in [-0.2, 0) is 48.2 Å². The summed E-state index contributed by atoms with van der Waals surface area (Å²) in [7, 11) is 0.529. The van der Waals surface area contributed by atoms with E-state index in [1.807, 2.05) is 99.5 Å². The monoisotopic (exact) mass is 1020 g/mol. The lowest BCUT2D eigenvalue weighted by atomic mass is 10.0. The van der Waals surface area contributed by atoms with Crippen LogP contribution in [0.1, 0.15) is 31.3 Å². The van der Waals surface area contributed by atoms with Crippen LogP contribution in [0.4, 0.5) is 0 Å². The topological polar surface area (TPSA) is 216 Å². The van der Waals surface area contributed by atoms with Gasteiger partial charge in [-0.1, -0.05) is 24.3 Å². The van der Waals surface area contributed by atoms with Crippen molar-refractivity contribution in [1.29, 1.82) is 0 Å². The molecule has 0 bridgehead atoms. The zero-order chi connectivity index (χ0) is 51.1. The van der Waals surface area contributed by atoms with Crippen molar-refractivity contribution >= 4 is 63.9 Å². The lowest BCUT2D eigenvalue weighted by Gasteiger charge is -2.31. The van der Waals surface area contributed by atoms with Crippen molar-refractivity contribution in [3.8, 4) is 44.8 Å². The van der Waals surface area contributed by atoms with Gasteiger partial charge in [-0.3, -0.25) is 47.6 Å². The van der Waals surface area contributed by atoms with Gasteiger partial charge in [0.05, 0.1) is 93.9 Å². The first-order valence-electron chi connectivity index (χ1n) is 23.7. The molecule has 73 heavy (non-hydrogen) atoms. The Labute approximate surface area is 419 Å². The number of sulfonamides is 2. The molecule has 8 aromatic heterocycles. The molecule has 0 N–H and O–H groups in total. The van der Waals surface area contributed by atoms with Crippen molar-refractivity contribution < 1.29 is 16.8 Å². The van der Waals surface area contributed by atoms with Crippen LogP contribution in [0.5, 0.6) is 0 Å². The van der Waals surface area contributed by atoms with Gasteiger partial charge in [0.25, 0.3) is 0 Å². The molecular weight excluding hydrogens is 969 g/mol. The molecule has 20 nitrogen and oxygen atoms in total. The van der Waals surface area contributed by atoms with Gasteiger partial charge in [0.15, 0.2) is 0 Å². The molecule has 2 fully saturated rings. The molecule has 0 amide bonds. The fourth-order valence-electron chi connectivity index (χ4n) is 10.3. The third-order valence-electron chi connectivity index (χ3n) is 14.2. The molecule has 2 aliphatic heterocycles. The summed E-state index contributed by atoms with van der Waals surface area (Å²) in [5.74, 6) is 0. The second kappa shape index (κ2) is 18.1. The van der Waals surface area contributed by atoms with Crippen molar-refractivity contribution in [1.82, 2.24) is 66.4 Å². The molecule has 0 saturated carbocycles. The van der Waals surface area contributed by atoms with E-state index in [2.05, 4.69) is 30.1 Å². The van der Waals surface area contributed by atoms with E-state index in [-0.39, 0.29) is 36.6 Å². The molecule has 2 unspecified atom stereocenters. The predicted octanol–water partition coefficient (Wildman–Crippen LogP) is 5.50. The van der Waals surface area contributed by atoms with Crippen LogP contribution in [0, 0.1) is 0 Å². The number of piperidine rings is 1. The fraction of sp³-hybridized carbons (Fsp3) is 0.294. The van der Waals surface area contributed by atoms with Crippen molar-refractivity contribution in [3.05, 3.63) is 131 Å². The minimum Gasteiger partial charge on any atom is -0.293 e. The Morgan fingerprint density at radius 3 is 1.33 bits per heavy atom. The molecule has 2 aliphatic rings. The summed E-state index contributed by atoms with van der Waals surface area (Å²) in [4.78, 5) is 45.2. The maximum Gasteiger partial charge on any atom is 0.329 e. The molecule has 0 spiro atoms. The van der Waals surface area contributed by atoms with Crippen molar-refractivity contribution in [2.24, 2.45) is 28.2 Å². The molecular formula is C51H52N14O6S2. The third-order valence-corrected chi connectivity index (χ3v) is 16.7. The SMILES string of the molecule is Cn1cc(-c2ccc(-c3ccc4ncc5c(c4c3)n(C3CCCN(S(C)(=O)=O)C3)c(=O)n5C)cn2)cn1.Cn1cc(-c2ccc(-c3ccc4ncc5c(c4c3)n(C3CCN(S(C)(=O)=O)C3)c(=O)n5C)cn2)cn1. The van der Waals surface area contributed by atoms with E-state index in [4.69, 9.17) is 0 Å². The first-order valence-corrected chi connectivity index (χ1v) is 27.4. The molecule has 22 heteroatoms. The summed E-state index contributed by atoms with van der Waals surface area (Å²) in [6.07, 6.45) is 18.9. The van der Waals surface area contributed by atoms with Gasteiger partial charge >= 0.3 is 11.4 Å². The van der Waals surface area contributed by atoms with E-state index < -0.39 is 20.0 Å². The van der Waals surface area contributed by atoms with E-state index in [0.717, 1.165) is 89.5 Å². The van der Waals surface area contributed by atoms with Crippen LogP contribution in [-0.4, -0.2) is 122 Å². The van der Waals surface area contributed by atoms with E-state index in [0.29, 0.717) is 31.4 Å². The molecule has 10 heterocycles. The standard InChI is InChI=1S/C26H27N7O3S.C25H25N7O3S/c1-30-15-19(13-29-30)22-8-7-18(12-27-22)17-6-9-23-21(11-17)25-24(14-28-23)31(2)26(34)33(25)20-5-4-10-32(16-20)37(3,35)36;1-29-14-18(12-28-29)21-6-5-17(11-26-21)16-4-7-22-20(10-16)24-23(13-27-22)30(2)25(33)32(24)19-8-9-31(15-19)36(3,34)35/h6-9,11-15,20H,4-5,10,16H2,1-3H3;4-7,10-14,19H,8-9,15H2,1-3H3. The zero-order valence-corrected chi connectivity index (χ0v) is 42.7. The summed E-state index contributed by atoms with van der Waals surface area (Å²) in [5.41, 5.74) is 11.5. The van der Waals surface area contributed by atoms with Crippen molar-refractivity contribution in [2.45, 2.75) is 31.3 Å². The highest BCUT2D eigenvalue weighted by Crippen LogP contribution is 2.35. The Bertz CT molecular complexity index is 4150. The van der Waals surface area contributed by atoms with Crippen LogP contribution in [0.25, 0.3) is 88.6 Å². The largest absolute Gasteiger partial charge is 0.329 e. The normalized spacial score (nSPS) is 17.0. The highest BCUT2D eigenvalue weighted by molar-refractivity contribution is 7.88. The first kappa shape index (κ1) is 47.7. The maximum atomic E-state index is 13.4. The van der Waals surface area contributed by atoms with E-state index >= 15 is 0 Å². The number of imidazole rings is 2. The number of aromatic nitrogens is 12. The molecule has 2 saturated heterocycles. The lowest BCUT2D eigenvalue weighted by molar-refractivity contribution is 0.267. The number of benzene rings is 2. The quantitative estimate of drug-likeness (QED) is 0.184. The third kappa shape index (κ3) is 8.72. The van der Waals surface area contributed by atoms with Crippen LogP contribution in [0.2, 0.25) is 0 Å². The van der Waals surface area contributed by atoms with Gasteiger partial charge in [0.2, 0.25) is 20.0 Å². The fourth-order valence-corrected chi connectivity index (χ4v) is 12.1. The van der Waals surface area contributed by atoms with Crippen LogP contribution in [0.3, 0.4) is 0 Å². The molecule has 0 radical (unpaired) electrons. The van der Waals surface area contributed by atoms with Gasteiger partial charge in [-0.2, -0.15) is 10.2 Å². The lowest BCUT2D eigenvalue weighted by Crippen LogP contribution is -2.42. The summed E-state index contributed by atoms with van der Waals surface area (Å²) in [5, 5.41) is 10.1. The smallest absolute Gasteiger partial charge is 0.293 e. The summed E-state index contributed by atoms with van der Waals surface area (Å²) >= 11 is 0. The summed E-state index contributed by atoms with van der Waals surface area (Å²) < 4.78 is 61.8. The van der Waals surface area contributed by atoms with E-state index in [1.54, 1.807) is 66.5 Å². The number of rotatable bonds is 8. The van der Waals surface area contributed by atoms with Gasteiger partial charge in [-0.25, -0.2) is 35.0 Å². The average Bonchev–Trinajstić information content (AvgIpc) is 4.24. The van der Waals surface area contributed by atoms with E-state index in [9.17, 15) is 26.4 Å². The van der Waals surface area contributed by atoms with Crippen LogP contribution < -0.4 is 11.4 Å². The van der Waals surface area contributed by atoms with E-state index in [1.165, 1.54) is 21.1 Å². The predicted molar refractivity (Wildman–Crippen MR) is 281 cm³/mol. The number of aryl methyl sites for hydroxylation is 4. The highest BCUT2D eigenvalue weighted by atomic mass is 32.2. The van der Waals surface area contributed by atoms with Crippen LogP contribution in [0.15, 0.2) is 120 Å². The molecule has 2 aromatic carbocycles.